The number of carbonyl (C=O) groups is 2. The van der Waals surface area contributed by atoms with Gasteiger partial charge >= 0.3 is 12.1 Å². The SMILES string of the molecule is Cc1cc([C@@H]2CN(C(=O)OC(C)(C)C)C[C@H]2C(=O)O)ccc1F. The average molecular weight is 323 g/mol. The van der Waals surface area contributed by atoms with Crippen molar-refractivity contribution in [2.24, 2.45) is 5.92 Å². The van der Waals surface area contributed by atoms with E-state index in [1.165, 1.54) is 11.0 Å². The number of hydrogen-bond donors (Lipinski definition) is 1. The van der Waals surface area contributed by atoms with E-state index < -0.39 is 23.6 Å². The lowest BCUT2D eigenvalue weighted by Crippen LogP contribution is -2.35. The van der Waals surface area contributed by atoms with E-state index in [2.05, 4.69) is 0 Å². The molecule has 0 aromatic heterocycles. The number of carboxylic acid groups (broad SMARTS) is 1. The highest BCUT2D eigenvalue weighted by Gasteiger charge is 2.41. The van der Waals surface area contributed by atoms with Crippen molar-refractivity contribution in [1.82, 2.24) is 4.90 Å². The van der Waals surface area contributed by atoms with Crippen molar-refractivity contribution >= 4 is 12.1 Å². The molecular formula is C17H22FNO4. The second-order valence-electron chi connectivity index (χ2n) is 6.95. The Labute approximate surface area is 135 Å². The van der Waals surface area contributed by atoms with E-state index in [4.69, 9.17) is 4.74 Å². The Morgan fingerprint density at radius 1 is 1.30 bits per heavy atom. The fourth-order valence-corrected chi connectivity index (χ4v) is 2.77. The highest BCUT2D eigenvalue weighted by molar-refractivity contribution is 5.76. The van der Waals surface area contributed by atoms with Crippen molar-refractivity contribution in [3.63, 3.8) is 0 Å². The molecule has 0 spiro atoms. The standard InChI is InChI=1S/C17H22FNO4/c1-10-7-11(5-6-14(10)18)12-8-19(9-13(12)15(20)21)16(22)23-17(2,3)4/h5-7,12-13H,8-9H2,1-4H3,(H,20,21)/t12-,13+/m0/s1. The first kappa shape index (κ1) is 17.2. The third-order valence-electron chi connectivity index (χ3n) is 3.90. The Kier molecular flexibility index (Phi) is 4.63. The lowest BCUT2D eigenvalue weighted by Gasteiger charge is -2.24. The van der Waals surface area contributed by atoms with Gasteiger partial charge in [0.25, 0.3) is 0 Å². The van der Waals surface area contributed by atoms with Gasteiger partial charge in [0, 0.05) is 19.0 Å². The fourth-order valence-electron chi connectivity index (χ4n) is 2.77. The Morgan fingerprint density at radius 3 is 2.48 bits per heavy atom. The third-order valence-corrected chi connectivity index (χ3v) is 3.90. The van der Waals surface area contributed by atoms with Crippen molar-refractivity contribution < 1.29 is 23.8 Å². The zero-order valence-corrected chi connectivity index (χ0v) is 13.8. The Bertz CT molecular complexity index is 624. The Hall–Kier alpha value is -2.11. The molecule has 126 valence electrons. The molecule has 1 amide bonds. The van der Waals surface area contributed by atoms with Gasteiger partial charge in [-0.1, -0.05) is 12.1 Å². The van der Waals surface area contributed by atoms with Crippen LogP contribution in [0.15, 0.2) is 18.2 Å². The largest absolute Gasteiger partial charge is 0.481 e. The average Bonchev–Trinajstić information content (AvgIpc) is 2.85. The summed E-state index contributed by atoms with van der Waals surface area (Å²) in [6.45, 7) is 7.25. The Morgan fingerprint density at radius 2 is 1.96 bits per heavy atom. The second kappa shape index (κ2) is 6.18. The van der Waals surface area contributed by atoms with Gasteiger partial charge in [-0.05, 0) is 44.9 Å². The molecule has 1 aromatic rings. The lowest BCUT2D eigenvalue weighted by molar-refractivity contribution is -0.141. The molecule has 1 N–H and O–H groups in total. The minimum Gasteiger partial charge on any atom is -0.481 e. The van der Waals surface area contributed by atoms with Crippen LogP contribution in [0.1, 0.15) is 37.8 Å². The number of aliphatic carboxylic acids is 1. The van der Waals surface area contributed by atoms with E-state index in [0.717, 1.165) is 5.56 Å². The van der Waals surface area contributed by atoms with E-state index in [9.17, 15) is 19.1 Å². The number of carboxylic acids is 1. The number of likely N-dealkylation sites (tertiary alicyclic amines) is 1. The number of ether oxygens (including phenoxy) is 1. The highest BCUT2D eigenvalue weighted by atomic mass is 19.1. The quantitative estimate of drug-likeness (QED) is 0.908. The van der Waals surface area contributed by atoms with Gasteiger partial charge in [-0.3, -0.25) is 4.79 Å². The summed E-state index contributed by atoms with van der Waals surface area (Å²) >= 11 is 0. The van der Waals surface area contributed by atoms with E-state index in [-0.39, 0.29) is 24.8 Å². The van der Waals surface area contributed by atoms with Gasteiger partial charge in [0.1, 0.15) is 11.4 Å². The van der Waals surface area contributed by atoms with Gasteiger partial charge in [0.15, 0.2) is 0 Å². The van der Waals surface area contributed by atoms with E-state index in [0.29, 0.717) is 5.56 Å². The first-order valence-electron chi connectivity index (χ1n) is 7.55. The second-order valence-corrected chi connectivity index (χ2v) is 6.95. The van der Waals surface area contributed by atoms with Gasteiger partial charge in [-0.25, -0.2) is 9.18 Å². The molecule has 1 aromatic carbocycles. The zero-order valence-electron chi connectivity index (χ0n) is 13.8. The summed E-state index contributed by atoms with van der Waals surface area (Å²) in [6.07, 6.45) is -0.523. The molecule has 0 unspecified atom stereocenters. The maximum absolute atomic E-state index is 13.4. The molecule has 2 atom stereocenters. The van der Waals surface area contributed by atoms with Crippen LogP contribution in [0, 0.1) is 18.7 Å². The van der Waals surface area contributed by atoms with Crippen molar-refractivity contribution in [3.8, 4) is 0 Å². The summed E-state index contributed by atoms with van der Waals surface area (Å²) in [4.78, 5) is 25.1. The number of carbonyl (C=O) groups excluding carboxylic acids is 1. The summed E-state index contributed by atoms with van der Waals surface area (Å²) in [5.41, 5.74) is 0.546. The molecule has 1 aliphatic heterocycles. The van der Waals surface area contributed by atoms with Crippen LogP contribution in [0.2, 0.25) is 0 Å². The fraction of sp³-hybridized carbons (Fsp3) is 0.529. The first-order valence-corrected chi connectivity index (χ1v) is 7.55. The van der Waals surface area contributed by atoms with Crippen molar-refractivity contribution in [2.75, 3.05) is 13.1 Å². The number of benzene rings is 1. The number of aryl methyl sites for hydroxylation is 1. The van der Waals surface area contributed by atoms with E-state index in [1.54, 1.807) is 39.8 Å². The molecular weight excluding hydrogens is 301 g/mol. The van der Waals surface area contributed by atoms with Gasteiger partial charge in [0.2, 0.25) is 0 Å². The zero-order chi connectivity index (χ0) is 17.4. The summed E-state index contributed by atoms with van der Waals surface area (Å²) in [5, 5.41) is 9.45. The number of nitrogens with zero attached hydrogens (tertiary/aromatic N) is 1. The van der Waals surface area contributed by atoms with Crippen molar-refractivity contribution in [2.45, 2.75) is 39.2 Å². The van der Waals surface area contributed by atoms with Crippen molar-refractivity contribution in [1.29, 1.82) is 0 Å². The minimum atomic E-state index is -0.969. The molecule has 23 heavy (non-hydrogen) atoms. The van der Waals surface area contributed by atoms with Crippen LogP contribution in [0.5, 0.6) is 0 Å². The highest BCUT2D eigenvalue weighted by Crippen LogP contribution is 2.34. The molecule has 1 fully saturated rings. The summed E-state index contributed by atoms with van der Waals surface area (Å²) in [6, 6.07) is 4.57. The number of hydrogen-bond acceptors (Lipinski definition) is 3. The predicted molar refractivity (Wildman–Crippen MR) is 82.8 cm³/mol. The molecule has 0 saturated carbocycles. The minimum absolute atomic E-state index is 0.0886. The molecule has 6 heteroatoms. The monoisotopic (exact) mass is 323 g/mol. The van der Waals surface area contributed by atoms with Crippen LogP contribution in [0.3, 0.4) is 0 Å². The van der Waals surface area contributed by atoms with Gasteiger partial charge in [-0.15, -0.1) is 0 Å². The molecule has 0 bridgehead atoms. The summed E-state index contributed by atoms with van der Waals surface area (Å²) < 4.78 is 18.7. The van der Waals surface area contributed by atoms with Crippen LogP contribution in [-0.2, 0) is 9.53 Å². The predicted octanol–water partition coefficient (Wildman–Crippen LogP) is 3.17. The lowest BCUT2D eigenvalue weighted by atomic mass is 9.88. The van der Waals surface area contributed by atoms with Gasteiger partial charge in [-0.2, -0.15) is 0 Å². The van der Waals surface area contributed by atoms with E-state index >= 15 is 0 Å². The molecule has 1 aliphatic rings. The van der Waals surface area contributed by atoms with E-state index in [1.807, 2.05) is 0 Å². The first-order chi connectivity index (χ1) is 10.6. The van der Waals surface area contributed by atoms with Crippen LogP contribution < -0.4 is 0 Å². The summed E-state index contributed by atoms with van der Waals surface area (Å²) in [7, 11) is 0. The maximum Gasteiger partial charge on any atom is 0.410 e. The van der Waals surface area contributed by atoms with Crippen LogP contribution in [0.25, 0.3) is 0 Å². The summed E-state index contributed by atoms with van der Waals surface area (Å²) in [5.74, 6) is -2.41. The third kappa shape index (κ3) is 4.00. The van der Waals surface area contributed by atoms with Crippen LogP contribution in [-0.4, -0.2) is 40.8 Å². The van der Waals surface area contributed by atoms with Gasteiger partial charge < -0.3 is 14.7 Å². The molecule has 5 nitrogen and oxygen atoms in total. The molecule has 1 saturated heterocycles. The molecule has 0 aliphatic carbocycles. The van der Waals surface area contributed by atoms with Crippen LogP contribution >= 0.6 is 0 Å². The molecule has 2 rings (SSSR count). The molecule has 1 heterocycles. The normalized spacial score (nSPS) is 21.3. The topological polar surface area (TPSA) is 66.8 Å². The smallest absolute Gasteiger partial charge is 0.410 e. The number of amides is 1. The maximum atomic E-state index is 13.4. The van der Waals surface area contributed by atoms with Crippen LogP contribution in [0.4, 0.5) is 9.18 Å². The Balaban J connectivity index is 2.23. The number of rotatable bonds is 2. The van der Waals surface area contributed by atoms with Gasteiger partial charge in [0.05, 0.1) is 5.92 Å². The molecule has 0 radical (unpaired) electrons. The number of halogens is 1. The van der Waals surface area contributed by atoms with Crippen molar-refractivity contribution in [3.05, 3.63) is 35.1 Å².